The summed E-state index contributed by atoms with van der Waals surface area (Å²) in [5, 5.41) is 8.06. The third-order valence-corrected chi connectivity index (χ3v) is 5.01. The number of nitrogens with one attached hydrogen (secondary N) is 1. The number of hydrogen-bond acceptors (Lipinski definition) is 4. The Morgan fingerprint density at radius 3 is 2.52 bits per heavy atom. The lowest BCUT2D eigenvalue weighted by molar-refractivity contribution is 0.382. The van der Waals surface area contributed by atoms with E-state index in [2.05, 4.69) is 36.1 Å². The molecule has 0 aliphatic rings. The fraction of sp³-hybridized carbons (Fsp3) is 0.545. The van der Waals surface area contributed by atoms with Gasteiger partial charge < -0.3 is 19.7 Å². The Bertz CT molecular complexity index is 829. The van der Waals surface area contributed by atoms with Crippen molar-refractivity contribution in [2.75, 3.05) is 27.8 Å². The molecule has 2 aromatic rings. The third-order valence-electron chi connectivity index (χ3n) is 5.01. The summed E-state index contributed by atoms with van der Waals surface area (Å²) in [7, 11) is 7.39. The van der Waals surface area contributed by atoms with E-state index in [0.717, 1.165) is 48.1 Å². The lowest BCUT2D eigenvalue weighted by atomic mass is 10.1. The van der Waals surface area contributed by atoms with Gasteiger partial charge in [0.2, 0.25) is 0 Å². The van der Waals surface area contributed by atoms with E-state index in [1.165, 1.54) is 11.3 Å². The zero-order valence-corrected chi connectivity index (χ0v) is 18.9. The Hall–Kier alpha value is -2.70. The quantitative estimate of drug-likeness (QED) is 0.517. The van der Waals surface area contributed by atoms with E-state index >= 15 is 0 Å². The van der Waals surface area contributed by atoms with Gasteiger partial charge in [0.1, 0.15) is 11.5 Å². The van der Waals surface area contributed by atoms with Gasteiger partial charge in [0.05, 0.1) is 26.5 Å². The average molecular weight is 402 g/mol. The molecule has 1 aromatic carbocycles. The molecule has 0 amide bonds. The first-order valence-electron chi connectivity index (χ1n) is 10.2. The fourth-order valence-corrected chi connectivity index (χ4v) is 3.51. The molecule has 1 aromatic heterocycles. The van der Waals surface area contributed by atoms with Gasteiger partial charge >= 0.3 is 0 Å². The first kappa shape index (κ1) is 22.6. The molecule has 7 nitrogen and oxygen atoms in total. The van der Waals surface area contributed by atoms with Gasteiger partial charge in [0.15, 0.2) is 5.96 Å². The van der Waals surface area contributed by atoms with E-state index < -0.39 is 0 Å². The van der Waals surface area contributed by atoms with Crippen LogP contribution in [-0.2, 0) is 33.0 Å². The minimum Gasteiger partial charge on any atom is -0.497 e. The molecule has 0 fully saturated rings. The van der Waals surface area contributed by atoms with E-state index in [9.17, 15) is 0 Å². The topological polar surface area (TPSA) is 63.9 Å². The second kappa shape index (κ2) is 10.7. The molecule has 1 N–H and O–H groups in total. The normalized spacial score (nSPS) is 11.5. The summed E-state index contributed by atoms with van der Waals surface area (Å²) in [5.74, 6) is 2.45. The molecule has 0 aliphatic heterocycles. The van der Waals surface area contributed by atoms with Gasteiger partial charge in [-0.25, -0.2) is 4.99 Å². The molecular weight excluding hydrogens is 366 g/mol. The van der Waals surface area contributed by atoms with Crippen LogP contribution >= 0.6 is 0 Å². The third kappa shape index (κ3) is 5.43. The molecule has 0 saturated heterocycles. The number of hydrogen-bond donors (Lipinski definition) is 1. The van der Waals surface area contributed by atoms with Gasteiger partial charge in [0, 0.05) is 50.1 Å². The zero-order valence-electron chi connectivity index (χ0n) is 18.9. The molecule has 0 radical (unpaired) electrons. The smallest absolute Gasteiger partial charge is 0.194 e. The summed E-state index contributed by atoms with van der Waals surface area (Å²) < 4.78 is 12.8. The van der Waals surface area contributed by atoms with Crippen LogP contribution in [0, 0.1) is 0 Å². The molecule has 29 heavy (non-hydrogen) atoms. The lowest BCUT2D eigenvalue weighted by Crippen LogP contribution is -2.38. The van der Waals surface area contributed by atoms with E-state index in [4.69, 9.17) is 14.5 Å². The zero-order chi connectivity index (χ0) is 21.4. The van der Waals surface area contributed by atoms with E-state index in [1.807, 2.05) is 37.0 Å². The van der Waals surface area contributed by atoms with Crippen molar-refractivity contribution in [1.29, 1.82) is 0 Å². The van der Waals surface area contributed by atoms with Crippen LogP contribution in [0.25, 0.3) is 0 Å². The molecule has 0 aliphatic carbocycles. The molecule has 0 atom stereocenters. The number of methoxy groups -OCH3 is 2. The summed E-state index contributed by atoms with van der Waals surface area (Å²) in [4.78, 5) is 7.02. The fourth-order valence-electron chi connectivity index (χ4n) is 3.51. The molecule has 1 heterocycles. The molecule has 7 heteroatoms. The predicted molar refractivity (Wildman–Crippen MR) is 118 cm³/mol. The van der Waals surface area contributed by atoms with Crippen LogP contribution in [-0.4, -0.2) is 48.5 Å². The average Bonchev–Trinajstić information content (AvgIpc) is 3.05. The Kier molecular flexibility index (Phi) is 8.36. The summed E-state index contributed by atoms with van der Waals surface area (Å²) in [6.07, 6.45) is 1.86. The van der Waals surface area contributed by atoms with Crippen LogP contribution in [0.15, 0.2) is 23.2 Å². The second-order valence-electron chi connectivity index (χ2n) is 6.91. The van der Waals surface area contributed by atoms with Crippen molar-refractivity contribution in [2.24, 2.45) is 12.0 Å². The second-order valence-corrected chi connectivity index (χ2v) is 6.91. The van der Waals surface area contributed by atoms with E-state index in [1.54, 1.807) is 14.2 Å². The summed E-state index contributed by atoms with van der Waals surface area (Å²) in [6.45, 7) is 8.48. The molecule has 2 rings (SSSR count). The van der Waals surface area contributed by atoms with Crippen molar-refractivity contribution < 1.29 is 9.47 Å². The minimum absolute atomic E-state index is 0.618. The predicted octanol–water partition coefficient (Wildman–Crippen LogP) is 3.16. The van der Waals surface area contributed by atoms with Crippen molar-refractivity contribution in [3.8, 4) is 11.5 Å². The maximum atomic E-state index is 5.54. The highest BCUT2D eigenvalue weighted by Crippen LogP contribution is 2.25. The van der Waals surface area contributed by atoms with Crippen molar-refractivity contribution in [3.63, 3.8) is 0 Å². The molecular formula is C22H35N5O2. The van der Waals surface area contributed by atoms with Gasteiger partial charge in [-0.1, -0.05) is 13.8 Å². The molecule has 0 saturated carbocycles. The monoisotopic (exact) mass is 401 g/mol. The van der Waals surface area contributed by atoms with Gasteiger partial charge in [-0.15, -0.1) is 0 Å². The summed E-state index contributed by atoms with van der Waals surface area (Å²) >= 11 is 0. The highest BCUT2D eigenvalue weighted by molar-refractivity contribution is 5.79. The van der Waals surface area contributed by atoms with Crippen LogP contribution in [0.3, 0.4) is 0 Å². The maximum Gasteiger partial charge on any atom is 0.194 e. The standard InChI is InChI=1S/C22H35N5O2/c1-8-19-18(20(9-2)27(5)25-19)14-24-22(23-10-3)26(4)15-16-11-12-17(28-6)13-21(16)29-7/h11-13H,8-10,14-15H2,1-7H3,(H,23,24). The summed E-state index contributed by atoms with van der Waals surface area (Å²) in [6, 6.07) is 5.89. The Morgan fingerprint density at radius 2 is 1.93 bits per heavy atom. The van der Waals surface area contributed by atoms with Crippen LogP contribution in [0.2, 0.25) is 0 Å². The number of aliphatic imine (C=N–C) groups is 1. The molecule has 0 spiro atoms. The van der Waals surface area contributed by atoms with Crippen LogP contribution in [0.4, 0.5) is 0 Å². The van der Waals surface area contributed by atoms with Gasteiger partial charge in [-0.05, 0) is 31.9 Å². The van der Waals surface area contributed by atoms with E-state index in [-0.39, 0.29) is 0 Å². The Morgan fingerprint density at radius 1 is 1.17 bits per heavy atom. The van der Waals surface area contributed by atoms with Gasteiger partial charge in [-0.3, -0.25) is 4.68 Å². The number of nitrogens with zero attached hydrogens (tertiary/aromatic N) is 4. The number of guanidine groups is 1. The van der Waals surface area contributed by atoms with Crippen LogP contribution in [0.1, 0.15) is 43.3 Å². The highest BCUT2D eigenvalue weighted by atomic mass is 16.5. The highest BCUT2D eigenvalue weighted by Gasteiger charge is 2.15. The summed E-state index contributed by atoms with van der Waals surface area (Å²) in [5.41, 5.74) is 4.69. The van der Waals surface area contributed by atoms with E-state index in [0.29, 0.717) is 13.1 Å². The van der Waals surface area contributed by atoms with Crippen molar-refractivity contribution in [3.05, 3.63) is 40.7 Å². The lowest BCUT2D eigenvalue weighted by Gasteiger charge is -2.23. The number of ether oxygens (including phenoxy) is 2. The van der Waals surface area contributed by atoms with Gasteiger partial charge in [-0.2, -0.15) is 5.10 Å². The molecule has 0 bridgehead atoms. The van der Waals surface area contributed by atoms with Crippen LogP contribution < -0.4 is 14.8 Å². The number of aryl methyl sites for hydroxylation is 2. The maximum absolute atomic E-state index is 5.54. The SMILES string of the molecule is CCNC(=NCc1c(CC)nn(C)c1CC)N(C)Cc1ccc(OC)cc1OC. The molecule has 0 unspecified atom stereocenters. The number of benzene rings is 1. The number of aromatic nitrogens is 2. The largest absolute Gasteiger partial charge is 0.497 e. The van der Waals surface area contributed by atoms with Crippen molar-refractivity contribution >= 4 is 5.96 Å². The minimum atomic E-state index is 0.618. The Labute approximate surface area is 174 Å². The first-order valence-corrected chi connectivity index (χ1v) is 10.2. The van der Waals surface area contributed by atoms with Gasteiger partial charge in [0.25, 0.3) is 0 Å². The Balaban J connectivity index is 2.25. The van der Waals surface area contributed by atoms with Crippen LogP contribution in [0.5, 0.6) is 11.5 Å². The molecule has 160 valence electrons. The number of rotatable bonds is 9. The van der Waals surface area contributed by atoms with Crippen molar-refractivity contribution in [2.45, 2.75) is 46.7 Å². The van der Waals surface area contributed by atoms with Crippen molar-refractivity contribution in [1.82, 2.24) is 20.0 Å². The first-order chi connectivity index (χ1) is 14.0.